The molecule has 2 aromatic rings. The van der Waals surface area contributed by atoms with Gasteiger partial charge >= 0.3 is 0 Å². The summed E-state index contributed by atoms with van der Waals surface area (Å²) in [5.74, 6) is 0.504. The van der Waals surface area contributed by atoms with Crippen LogP contribution in [0.15, 0.2) is 10.6 Å². The molecule has 0 aliphatic heterocycles. The highest BCUT2D eigenvalue weighted by Crippen LogP contribution is 2.25. The zero-order chi connectivity index (χ0) is 16.3. The first kappa shape index (κ1) is 16.7. The lowest BCUT2D eigenvalue weighted by Gasteiger charge is -2.12. The minimum atomic E-state index is -0.236. The molecule has 2 aromatic heterocycles. The van der Waals surface area contributed by atoms with E-state index in [1.807, 2.05) is 20.8 Å². The smallest absolute Gasteiger partial charge is 0.290 e. The molecule has 0 spiro atoms. The number of nitrogens with one attached hydrogen (secondary N) is 1. The first-order valence-corrected chi connectivity index (χ1v) is 8.42. The van der Waals surface area contributed by atoms with Crippen molar-refractivity contribution >= 4 is 17.2 Å². The second-order valence-electron chi connectivity index (χ2n) is 5.91. The van der Waals surface area contributed by atoms with Crippen LogP contribution in [-0.2, 0) is 6.42 Å². The molecule has 0 bridgehead atoms. The average molecular weight is 321 g/mol. The van der Waals surface area contributed by atoms with Crippen molar-refractivity contribution in [1.29, 1.82) is 0 Å². The molecule has 0 aromatic carbocycles. The molecule has 1 amide bonds. The summed E-state index contributed by atoms with van der Waals surface area (Å²) in [4.78, 5) is 18.0. The summed E-state index contributed by atoms with van der Waals surface area (Å²) in [6.45, 7) is 10.3. The zero-order valence-electron chi connectivity index (χ0n) is 13.8. The minimum absolute atomic E-state index is 0.0939. The molecule has 120 valence electrons. The Morgan fingerprint density at radius 2 is 2.14 bits per heavy atom. The van der Waals surface area contributed by atoms with Gasteiger partial charge in [-0.1, -0.05) is 25.9 Å². The third-order valence-corrected chi connectivity index (χ3v) is 4.64. The lowest BCUT2D eigenvalue weighted by Crippen LogP contribution is -2.27. The highest BCUT2D eigenvalue weighted by atomic mass is 32.1. The predicted octanol–water partition coefficient (Wildman–Crippen LogP) is 3.83. The quantitative estimate of drug-likeness (QED) is 0.878. The van der Waals surface area contributed by atoms with Crippen molar-refractivity contribution in [3.05, 3.63) is 33.1 Å². The molecule has 0 fully saturated rings. The van der Waals surface area contributed by atoms with Crippen molar-refractivity contribution in [2.45, 2.75) is 53.5 Å². The summed E-state index contributed by atoms with van der Waals surface area (Å²) < 4.78 is 5.16. The first-order valence-electron chi connectivity index (χ1n) is 7.61. The average Bonchev–Trinajstić information content (AvgIpc) is 3.03. The van der Waals surface area contributed by atoms with E-state index >= 15 is 0 Å². The van der Waals surface area contributed by atoms with Crippen molar-refractivity contribution in [3.63, 3.8) is 0 Å². The Hall–Kier alpha value is -1.69. The van der Waals surface area contributed by atoms with E-state index in [0.29, 0.717) is 5.92 Å². The third-order valence-electron chi connectivity index (χ3n) is 3.46. The van der Waals surface area contributed by atoms with Crippen molar-refractivity contribution in [2.75, 3.05) is 0 Å². The topological polar surface area (TPSA) is 68.0 Å². The van der Waals surface area contributed by atoms with Crippen LogP contribution in [-0.4, -0.2) is 16.0 Å². The van der Waals surface area contributed by atoms with Crippen LogP contribution in [0, 0.1) is 19.8 Å². The number of aromatic nitrogens is 2. The number of rotatable bonds is 6. The van der Waals surface area contributed by atoms with Gasteiger partial charge in [-0.05, 0) is 32.6 Å². The summed E-state index contributed by atoms with van der Waals surface area (Å²) >= 11 is 1.63. The fourth-order valence-corrected chi connectivity index (χ4v) is 3.21. The van der Waals surface area contributed by atoms with Gasteiger partial charge in [0.1, 0.15) is 5.01 Å². The number of amides is 1. The van der Waals surface area contributed by atoms with Crippen LogP contribution >= 0.6 is 11.3 Å². The van der Waals surface area contributed by atoms with Gasteiger partial charge in [0, 0.05) is 10.9 Å². The maximum absolute atomic E-state index is 12.3. The minimum Gasteiger partial charge on any atom is -0.351 e. The number of hydrogen-bond donors (Lipinski definition) is 1. The molecule has 0 radical (unpaired) electrons. The first-order chi connectivity index (χ1) is 10.4. The third kappa shape index (κ3) is 3.94. The molecule has 5 nitrogen and oxygen atoms in total. The van der Waals surface area contributed by atoms with Gasteiger partial charge in [0.25, 0.3) is 5.91 Å². The highest BCUT2D eigenvalue weighted by Gasteiger charge is 2.21. The van der Waals surface area contributed by atoms with Gasteiger partial charge in [0.05, 0.1) is 17.4 Å². The van der Waals surface area contributed by atoms with Crippen LogP contribution in [0.4, 0.5) is 0 Å². The molecular formula is C16H23N3O2S. The number of nitrogens with zero attached hydrogens (tertiary/aromatic N) is 2. The predicted molar refractivity (Wildman–Crippen MR) is 87.1 cm³/mol. The molecular weight excluding hydrogens is 298 g/mol. The van der Waals surface area contributed by atoms with Crippen molar-refractivity contribution in [3.8, 4) is 0 Å². The summed E-state index contributed by atoms with van der Waals surface area (Å²) in [7, 11) is 0. The fourth-order valence-electron chi connectivity index (χ4n) is 2.15. The number of aryl methyl sites for hydroxylation is 2. The van der Waals surface area contributed by atoms with E-state index in [4.69, 9.17) is 4.52 Å². The van der Waals surface area contributed by atoms with E-state index in [1.54, 1.807) is 17.4 Å². The lowest BCUT2D eigenvalue weighted by atomic mass is 10.1. The SMILES string of the molecule is CC[C@H](NC(=O)c1cc(CC(C)C)no1)c1nc(C)c(C)s1. The molecule has 0 unspecified atom stereocenters. The Morgan fingerprint density at radius 1 is 1.41 bits per heavy atom. The van der Waals surface area contributed by atoms with Gasteiger partial charge in [-0.15, -0.1) is 11.3 Å². The van der Waals surface area contributed by atoms with Gasteiger partial charge in [0.2, 0.25) is 5.76 Å². The molecule has 0 aliphatic rings. The van der Waals surface area contributed by atoms with Crippen molar-refractivity contribution in [2.24, 2.45) is 5.92 Å². The molecule has 2 rings (SSSR count). The van der Waals surface area contributed by atoms with Gasteiger partial charge < -0.3 is 9.84 Å². The Kier molecular flexibility index (Phi) is 5.34. The summed E-state index contributed by atoms with van der Waals surface area (Å²) in [6.07, 6.45) is 1.59. The number of hydrogen-bond acceptors (Lipinski definition) is 5. The van der Waals surface area contributed by atoms with E-state index in [1.165, 1.54) is 4.88 Å². The summed E-state index contributed by atoms with van der Waals surface area (Å²) in [5.41, 5.74) is 1.83. The Balaban J connectivity index is 2.07. The zero-order valence-corrected chi connectivity index (χ0v) is 14.6. The molecule has 0 saturated carbocycles. The maximum atomic E-state index is 12.3. The second kappa shape index (κ2) is 7.05. The van der Waals surface area contributed by atoms with Gasteiger partial charge in [-0.2, -0.15) is 0 Å². The van der Waals surface area contributed by atoms with E-state index in [0.717, 1.165) is 29.2 Å². The van der Waals surface area contributed by atoms with E-state index in [9.17, 15) is 4.79 Å². The van der Waals surface area contributed by atoms with Crippen LogP contribution < -0.4 is 5.32 Å². The number of thiazole rings is 1. The lowest BCUT2D eigenvalue weighted by molar-refractivity contribution is 0.0898. The van der Waals surface area contributed by atoms with Gasteiger partial charge in [0.15, 0.2) is 0 Å². The fraction of sp³-hybridized carbons (Fsp3) is 0.562. The Morgan fingerprint density at radius 3 is 2.68 bits per heavy atom. The van der Waals surface area contributed by atoms with Crippen LogP contribution in [0.5, 0.6) is 0 Å². The number of carbonyl (C=O) groups excluding carboxylic acids is 1. The van der Waals surface area contributed by atoms with Crippen LogP contribution in [0.25, 0.3) is 0 Å². The Bertz CT molecular complexity index is 626. The van der Waals surface area contributed by atoms with Crippen LogP contribution in [0.3, 0.4) is 0 Å². The standard InChI is InChI=1S/C16H23N3O2S/c1-6-13(16-17-10(4)11(5)22-16)18-15(20)14-8-12(19-21-14)7-9(2)3/h8-9,13H,6-7H2,1-5H3,(H,18,20)/t13-/m0/s1. The molecule has 1 N–H and O–H groups in total. The summed E-state index contributed by atoms with van der Waals surface area (Å²) in [5, 5.41) is 7.87. The second-order valence-corrected chi connectivity index (χ2v) is 7.14. The Labute approximate surface area is 135 Å². The van der Waals surface area contributed by atoms with Crippen LogP contribution in [0.2, 0.25) is 0 Å². The van der Waals surface area contributed by atoms with Gasteiger partial charge in [-0.25, -0.2) is 4.98 Å². The number of carbonyl (C=O) groups is 1. The highest BCUT2D eigenvalue weighted by molar-refractivity contribution is 7.11. The molecule has 22 heavy (non-hydrogen) atoms. The van der Waals surface area contributed by atoms with Crippen LogP contribution in [0.1, 0.15) is 65.1 Å². The maximum Gasteiger partial charge on any atom is 0.290 e. The van der Waals surface area contributed by atoms with E-state index < -0.39 is 0 Å². The molecule has 0 saturated heterocycles. The van der Waals surface area contributed by atoms with Crippen molar-refractivity contribution in [1.82, 2.24) is 15.5 Å². The largest absolute Gasteiger partial charge is 0.351 e. The summed E-state index contributed by atoms with van der Waals surface area (Å²) in [6, 6.07) is 1.63. The monoisotopic (exact) mass is 321 g/mol. The normalized spacial score (nSPS) is 12.6. The van der Waals surface area contributed by atoms with Gasteiger partial charge in [-0.3, -0.25) is 4.79 Å². The molecule has 6 heteroatoms. The van der Waals surface area contributed by atoms with E-state index in [2.05, 4.69) is 29.3 Å². The van der Waals surface area contributed by atoms with Crippen molar-refractivity contribution < 1.29 is 9.32 Å². The van der Waals surface area contributed by atoms with E-state index in [-0.39, 0.29) is 17.7 Å². The molecule has 2 heterocycles. The molecule has 0 aliphatic carbocycles. The molecule has 1 atom stereocenters.